The second-order valence-corrected chi connectivity index (χ2v) is 7.40. The summed E-state index contributed by atoms with van der Waals surface area (Å²) in [6.07, 6.45) is 7.13. The maximum atomic E-state index is 5.94. The van der Waals surface area contributed by atoms with Gasteiger partial charge in [-0.15, -0.1) is 6.42 Å². The van der Waals surface area contributed by atoms with E-state index in [9.17, 15) is 0 Å². The fraction of sp³-hybridized carbons (Fsp3) is 0.192. The Balaban J connectivity index is 1.62. The van der Waals surface area contributed by atoms with Gasteiger partial charge in [0.05, 0.1) is 6.54 Å². The molecule has 0 fully saturated rings. The number of pyridine rings is 1. The summed E-state index contributed by atoms with van der Waals surface area (Å²) in [5.74, 6) is 9.77. The summed E-state index contributed by atoms with van der Waals surface area (Å²) in [7, 11) is 1.98. The molecule has 30 heavy (non-hydrogen) atoms. The van der Waals surface area contributed by atoms with Crippen LogP contribution in [0.25, 0.3) is 11.1 Å². The van der Waals surface area contributed by atoms with E-state index >= 15 is 0 Å². The highest BCUT2D eigenvalue weighted by Gasteiger charge is 2.02. The van der Waals surface area contributed by atoms with E-state index < -0.39 is 0 Å². The fourth-order valence-corrected chi connectivity index (χ4v) is 2.98. The van der Waals surface area contributed by atoms with Gasteiger partial charge < -0.3 is 4.74 Å². The van der Waals surface area contributed by atoms with Crippen molar-refractivity contribution < 1.29 is 4.74 Å². The van der Waals surface area contributed by atoms with Gasteiger partial charge in [-0.2, -0.15) is 0 Å². The van der Waals surface area contributed by atoms with Gasteiger partial charge in [0, 0.05) is 28.9 Å². The van der Waals surface area contributed by atoms with E-state index in [0.717, 1.165) is 45.3 Å². The second-order valence-electron chi connectivity index (χ2n) is 6.96. The lowest BCUT2D eigenvalue weighted by atomic mass is 10.1. The molecule has 0 aliphatic heterocycles. The van der Waals surface area contributed by atoms with Crippen molar-refractivity contribution >= 4 is 11.6 Å². The molecule has 0 radical (unpaired) electrons. The average Bonchev–Trinajstić information content (AvgIpc) is 2.75. The maximum Gasteiger partial charge on any atom is 0.122 e. The van der Waals surface area contributed by atoms with Crippen LogP contribution in [-0.2, 0) is 0 Å². The van der Waals surface area contributed by atoms with Gasteiger partial charge in [-0.25, -0.2) is 4.98 Å². The van der Waals surface area contributed by atoms with E-state index in [1.54, 1.807) is 0 Å². The average molecular weight is 415 g/mol. The summed E-state index contributed by atoms with van der Waals surface area (Å²) >= 11 is 5.94. The zero-order valence-corrected chi connectivity index (χ0v) is 17.9. The van der Waals surface area contributed by atoms with Crippen LogP contribution in [0, 0.1) is 31.1 Å². The summed E-state index contributed by atoms with van der Waals surface area (Å²) in [6.45, 7) is 4.01. The molecule has 0 aliphatic rings. The molecule has 0 unspecified atom stereocenters. The molecule has 0 amide bonds. The van der Waals surface area contributed by atoms with Crippen molar-refractivity contribution in [2.75, 3.05) is 26.7 Å². The van der Waals surface area contributed by atoms with E-state index in [4.69, 9.17) is 22.8 Å². The van der Waals surface area contributed by atoms with Gasteiger partial charge >= 0.3 is 0 Å². The van der Waals surface area contributed by atoms with Gasteiger partial charge in [0.2, 0.25) is 0 Å². The molecule has 0 aliphatic carbocycles. The van der Waals surface area contributed by atoms with E-state index in [-0.39, 0.29) is 0 Å². The highest BCUT2D eigenvalue weighted by molar-refractivity contribution is 6.30. The molecule has 150 valence electrons. The minimum atomic E-state index is 0.591. The number of hydrogen-bond acceptors (Lipinski definition) is 3. The van der Waals surface area contributed by atoms with Gasteiger partial charge in [-0.1, -0.05) is 41.6 Å². The second kappa shape index (κ2) is 10.5. The number of rotatable bonds is 6. The largest absolute Gasteiger partial charge is 0.492 e. The van der Waals surface area contributed by atoms with Crippen LogP contribution in [0.1, 0.15) is 16.8 Å². The predicted molar refractivity (Wildman–Crippen MR) is 124 cm³/mol. The van der Waals surface area contributed by atoms with Crippen LogP contribution in [0.2, 0.25) is 5.02 Å². The third-order valence-corrected chi connectivity index (χ3v) is 4.79. The van der Waals surface area contributed by atoms with Crippen molar-refractivity contribution in [2.24, 2.45) is 0 Å². The molecule has 0 spiro atoms. The van der Waals surface area contributed by atoms with Gasteiger partial charge in [-0.3, -0.25) is 4.90 Å². The van der Waals surface area contributed by atoms with Crippen molar-refractivity contribution in [1.82, 2.24) is 9.88 Å². The Bertz CT molecular complexity index is 1090. The molecule has 3 rings (SSSR count). The highest BCUT2D eigenvalue weighted by atomic mass is 35.5. The lowest BCUT2D eigenvalue weighted by Crippen LogP contribution is -2.24. The predicted octanol–water partition coefficient (Wildman–Crippen LogP) is 5.05. The summed E-state index contributed by atoms with van der Waals surface area (Å²) in [6, 6.07) is 17.6. The molecule has 0 saturated carbocycles. The monoisotopic (exact) mass is 414 g/mol. The lowest BCUT2D eigenvalue weighted by molar-refractivity contribution is 0.250. The Morgan fingerprint density at radius 3 is 2.47 bits per heavy atom. The topological polar surface area (TPSA) is 25.4 Å². The van der Waals surface area contributed by atoms with Crippen LogP contribution in [-0.4, -0.2) is 36.6 Å². The Morgan fingerprint density at radius 2 is 1.80 bits per heavy atom. The third-order valence-electron chi connectivity index (χ3n) is 4.54. The molecular weight excluding hydrogens is 392 g/mol. The molecular formula is C26H23ClN2O. The number of likely N-dealkylation sites (N-methyl/N-ethyl adjacent to an activating group) is 1. The zero-order valence-electron chi connectivity index (χ0n) is 17.2. The van der Waals surface area contributed by atoms with Crippen molar-refractivity contribution in [2.45, 2.75) is 6.92 Å². The molecule has 4 heteroatoms. The van der Waals surface area contributed by atoms with Gasteiger partial charge in [0.1, 0.15) is 18.1 Å². The smallest absolute Gasteiger partial charge is 0.122 e. The van der Waals surface area contributed by atoms with Crippen molar-refractivity contribution in [3.63, 3.8) is 0 Å². The summed E-state index contributed by atoms with van der Waals surface area (Å²) in [4.78, 5) is 6.50. The van der Waals surface area contributed by atoms with Crippen LogP contribution in [0.5, 0.6) is 5.75 Å². The van der Waals surface area contributed by atoms with Crippen molar-refractivity contribution in [1.29, 1.82) is 0 Å². The van der Waals surface area contributed by atoms with E-state index in [2.05, 4.69) is 22.7 Å². The van der Waals surface area contributed by atoms with Gasteiger partial charge in [0.15, 0.2) is 0 Å². The molecule has 0 bridgehead atoms. The molecule has 3 aromatic rings. The van der Waals surface area contributed by atoms with E-state index in [1.165, 1.54) is 0 Å². The Morgan fingerprint density at radius 1 is 1.03 bits per heavy atom. The first kappa shape index (κ1) is 21.5. The molecule has 0 N–H and O–H groups in total. The molecule has 3 nitrogen and oxygen atoms in total. The lowest BCUT2D eigenvalue weighted by Gasteiger charge is -2.14. The molecule has 1 heterocycles. The van der Waals surface area contributed by atoms with Crippen LogP contribution >= 0.6 is 11.6 Å². The SMILES string of the molecule is C#CCN(C)CCOc1ccc(C#Cc2ccc(-c3ccc(Cl)cc3)cn2)cc1C. The van der Waals surface area contributed by atoms with Crippen LogP contribution in [0.15, 0.2) is 60.8 Å². The molecule has 0 atom stereocenters. The summed E-state index contributed by atoms with van der Waals surface area (Å²) < 4.78 is 5.86. The quantitative estimate of drug-likeness (QED) is 0.527. The van der Waals surface area contributed by atoms with Crippen molar-refractivity contribution in [3.05, 3.63) is 82.6 Å². The minimum Gasteiger partial charge on any atom is -0.492 e. The molecule has 0 saturated heterocycles. The number of halogens is 1. The number of hydrogen-bond donors (Lipinski definition) is 0. The first-order chi connectivity index (χ1) is 14.5. The normalized spacial score (nSPS) is 10.2. The fourth-order valence-electron chi connectivity index (χ4n) is 2.85. The first-order valence-corrected chi connectivity index (χ1v) is 10.0. The number of terminal acetylenes is 1. The van der Waals surface area contributed by atoms with E-state index in [1.807, 2.05) is 79.7 Å². The van der Waals surface area contributed by atoms with Crippen molar-refractivity contribution in [3.8, 4) is 41.1 Å². The van der Waals surface area contributed by atoms with Gasteiger partial charge in [0.25, 0.3) is 0 Å². The van der Waals surface area contributed by atoms with Crippen LogP contribution in [0.3, 0.4) is 0 Å². The number of ether oxygens (including phenoxy) is 1. The Hall–Kier alpha value is -3.24. The van der Waals surface area contributed by atoms with Gasteiger partial charge in [-0.05, 0) is 67.4 Å². The Kier molecular flexibility index (Phi) is 7.52. The number of nitrogens with zero attached hydrogens (tertiary/aromatic N) is 2. The highest BCUT2D eigenvalue weighted by Crippen LogP contribution is 2.21. The minimum absolute atomic E-state index is 0.591. The van der Waals surface area contributed by atoms with E-state index in [0.29, 0.717) is 13.2 Å². The first-order valence-electron chi connectivity index (χ1n) is 9.64. The Labute approximate surface area is 183 Å². The summed E-state index contributed by atoms with van der Waals surface area (Å²) in [5.41, 5.74) is 4.80. The third kappa shape index (κ3) is 6.13. The maximum absolute atomic E-state index is 5.94. The number of aryl methyl sites for hydroxylation is 1. The summed E-state index contributed by atoms with van der Waals surface area (Å²) in [5, 5.41) is 0.720. The van der Waals surface area contributed by atoms with Crippen LogP contribution in [0.4, 0.5) is 0 Å². The zero-order chi connectivity index (χ0) is 21.3. The van der Waals surface area contributed by atoms with Crippen LogP contribution < -0.4 is 4.74 Å². The standard InChI is InChI=1S/C26H23ClN2O/c1-4-15-29(3)16-17-30-26-14-6-21(18-20(26)2)5-12-25-13-9-23(19-28-25)22-7-10-24(27)11-8-22/h1,6-11,13-14,18-19H,15-17H2,2-3H3. The number of benzene rings is 2. The molecule has 2 aromatic carbocycles. The molecule has 1 aromatic heterocycles. The number of aromatic nitrogens is 1.